The van der Waals surface area contributed by atoms with Gasteiger partial charge in [0.05, 0.1) is 0 Å². The van der Waals surface area contributed by atoms with Gasteiger partial charge in [-0.3, -0.25) is 0 Å². The van der Waals surface area contributed by atoms with Gasteiger partial charge in [-0.05, 0) is 12.1 Å². The van der Waals surface area contributed by atoms with Gasteiger partial charge in [-0.15, -0.1) is 0 Å². The molecule has 0 heterocycles. The Kier molecular flexibility index (Phi) is 2.73. The summed E-state index contributed by atoms with van der Waals surface area (Å²) in [5.41, 5.74) is 0. The van der Waals surface area contributed by atoms with Crippen LogP contribution in [0.2, 0.25) is 0 Å². The Hall–Kier alpha value is -1.59. The Morgan fingerprint density at radius 1 is 1.21 bits per heavy atom. The van der Waals surface area contributed by atoms with Crippen molar-refractivity contribution >= 4 is 5.97 Å². The van der Waals surface area contributed by atoms with Crippen molar-refractivity contribution in [2.45, 2.75) is 6.18 Å². The van der Waals surface area contributed by atoms with Crippen molar-refractivity contribution in [2.75, 3.05) is 0 Å². The summed E-state index contributed by atoms with van der Waals surface area (Å²) in [5, 5.41) is 0. The summed E-state index contributed by atoms with van der Waals surface area (Å²) >= 11 is 0. The molecule has 1 aromatic carbocycles. The van der Waals surface area contributed by atoms with Crippen LogP contribution < -0.4 is 4.74 Å². The van der Waals surface area contributed by atoms with Crippen LogP contribution >= 0.6 is 0 Å². The fourth-order valence-corrected chi connectivity index (χ4v) is 0.685. The molecule has 0 saturated carbocycles. The highest BCUT2D eigenvalue weighted by atomic mass is 19.4. The summed E-state index contributed by atoms with van der Waals surface area (Å²) in [4.78, 5) is 10.3. The summed E-state index contributed by atoms with van der Waals surface area (Å²) < 4.78 is 51.5. The molecular weight excluding hydrogens is 204 g/mol. The molecule has 0 atom stereocenters. The molecule has 0 radical (unpaired) electrons. The van der Waals surface area contributed by atoms with E-state index in [-0.39, 0.29) is 0 Å². The van der Waals surface area contributed by atoms with E-state index in [1.807, 2.05) is 0 Å². The average molecular weight is 208 g/mol. The third-order valence-corrected chi connectivity index (χ3v) is 1.27. The van der Waals surface area contributed by atoms with E-state index in [0.29, 0.717) is 0 Å². The largest absolute Gasteiger partial charge is 0.491 e. The van der Waals surface area contributed by atoms with Gasteiger partial charge >= 0.3 is 12.1 Å². The first kappa shape index (κ1) is 10.5. The number of carbonyl (C=O) groups excluding carboxylic acids is 1. The van der Waals surface area contributed by atoms with E-state index in [4.69, 9.17) is 0 Å². The first-order valence-electron chi connectivity index (χ1n) is 3.45. The number of alkyl halides is 3. The zero-order valence-electron chi connectivity index (χ0n) is 6.64. The maximum atomic E-state index is 12.7. The van der Waals surface area contributed by atoms with Crippen molar-refractivity contribution in [3.63, 3.8) is 0 Å². The second-order valence-electron chi connectivity index (χ2n) is 2.32. The van der Waals surface area contributed by atoms with Gasteiger partial charge in [0, 0.05) is 0 Å². The lowest BCUT2D eigenvalue weighted by Gasteiger charge is -2.06. The van der Waals surface area contributed by atoms with Crippen molar-refractivity contribution in [1.82, 2.24) is 0 Å². The van der Waals surface area contributed by atoms with Gasteiger partial charge in [-0.2, -0.15) is 13.2 Å². The molecule has 0 aliphatic carbocycles. The van der Waals surface area contributed by atoms with Gasteiger partial charge in [0.25, 0.3) is 0 Å². The molecule has 14 heavy (non-hydrogen) atoms. The monoisotopic (exact) mass is 208 g/mol. The maximum absolute atomic E-state index is 12.7. The number of hydrogen-bond donors (Lipinski definition) is 0. The van der Waals surface area contributed by atoms with E-state index >= 15 is 0 Å². The van der Waals surface area contributed by atoms with Crippen molar-refractivity contribution in [3.05, 3.63) is 30.1 Å². The molecule has 0 unspecified atom stereocenters. The minimum Gasteiger partial charge on any atom is -0.417 e. The summed E-state index contributed by atoms with van der Waals surface area (Å²) in [6.45, 7) is 0. The third kappa shape index (κ3) is 2.45. The zero-order valence-corrected chi connectivity index (χ0v) is 6.64. The number of para-hydroxylation sites is 1. The van der Waals surface area contributed by atoms with Gasteiger partial charge in [-0.1, -0.05) is 12.1 Å². The molecule has 0 aromatic heterocycles. The van der Waals surface area contributed by atoms with Crippen LogP contribution in [-0.4, -0.2) is 12.1 Å². The first-order chi connectivity index (χ1) is 6.41. The molecule has 76 valence electrons. The Morgan fingerprint density at radius 3 is 2.29 bits per heavy atom. The lowest BCUT2D eigenvalue weighted by atomic mass is 10.3. The van der Waals surface area contributed by atoms with E-state index in [2.05, 4.69) is 4.74 Å². The van der Waals surface area contributed by atoms with E-state index in [0.717, 1.165) is 12.1 Å². The summed E-state index contributed by atoms with van der Waals surface area (Å²) in [6, 6.07) is 4.33. The standard InChI is InChI=1S/C8H4F4O2/c9-5-3-1-2-4-6(5)14-7(13)8(10,11)12/h1-4H. The van der Waals surface area contributed by atoms with Crippen LogP contribution in [0.15, 0.2) is 24.3 Å². The average Bonchev–Trinajstić information content (AvgIpc) is 2.07. The molecule has 1 aromatic rings. The molecule has 0 spiro atoms. The zero-order chi connectivity index (χ0) is 10.8. The Labute approximate surface area is 76.1 Å². The highest BCUT2D eigenvalue weighted by Gasteiger charge is 2.41. The van der Waals surface area contributed by atoms with E-state index in [9.17, 15) is 22.4 Å². The predicted octanol–water partition coefficient (Wildman–Crippen LogP) is 2.29. The SMILES string of the molecule is O=C(Oc1ccccc1F)C(F)(F)F. The minimum atomic E-state index is -5.12. The van der Waals surface area contributed by atoms with E-state index < -0.39 is 23.7 Å². The Morgan fingerprint density at radius 2 is 1.79 bits per heavy atom. The van der Waals surface area contributed by atoms with Crippen LogP contribution in [-0.2, 0) is 4.79 Å². The number of hydrogen-bond acceptors (Lipinski definition) is 2. The van der Waals surface area contributed by atoms with Crippen molar-refractivity contribution in [3.8, 4) is 5.75 Å². The van der Waals surface area contributed by atoms with Gasteiger partial charge < -0.3 is 4.74 Å². The fraction of sp³-hybridized carbons (Fsp3) is 0.125. The molecule has 0 bridgehead atoms. The summed E-state index contributed by atoms with van der Waals surface area (Å²) in [7, 11) is 0. The van der Waals surface area contributed by atoms with E-state index in [1.54, 1.807) is 0 Å². The summed E-state index contributed by atoms with van der Waals surface area (Å²) in [5.74, 6) is -4.21. The number of ether oxygens (including phenoxy) is 1. The Bertz CT molecular complexity index is 345. The fourth-order valence-electron chi connectivity index (χ4n) is 0.685. The van der Waals surface area contributed by atoms with Gasteiger partial charge in [0.1, 0.15) is 0 Å². The lowest BCUT2D eigenvalue weighted by molar-refractivity contribution is -0.189. The molecule has 2 nitrogen and oxygen atoms in total. The number of esters is 1. The number of halogens is 4. The predicted molar refractivity (Wildman–Crippen MR) is 38.1 cm³/mol. The van der Waals surface area contributed by atoms with Crippen LogP contribution in [0.1, 0.15) is 0 Å². The van der Waals surface area contributed by atoms with Crippen molar-refractivity contribution in [2.24, 2.45) is 0 Å². The van der Waals surface area contributed by atoms with E-state index in [1.165, 1.54) is 12.1 Å². The number of rotatable bonds is 1. The first-order valence-corrected chi connectivity index (χ1v) is 3.45. The molecular formula is C8H4F4O2. The molecule has 0 saturated heterocycles. The minimum absolute atomic E-state index is 0.741. The molecule has 0 aliphatic rings. The summed E-state index contributed by atoms with van der Waals surface area (Å²) in [6.07, 6.45) is -5.12. The third-order valence-electron chi connectivity index (χ3n) is 1.27. The van der Waals surface area contributed by atoms with Crippen molar-refractivity contribution in [1.29, 1.82) is 0 Å². The maximum Gasteiger partial charge on any atom is 0.491 e. The van der Waals surface area contributed by atoms with Crippen LogP contribution in [0, 0.1) is 5.82 Å². The van der Waals surface area contributed by atoms with Crippen LogP contribution in [0.3, 0.4) is 0 Å². The van der Waals surface area contributed by atoms with Crippen molar-refractivity contribution < 1.29 is 27.1 Å². The molecule has 0 N–H and O–H groups in total. The van der Waals surface area contributed by atoms with Crippen LogP contribution in [0.25, 0.3) is 0 Å². The molecule has 0 fully saturated rings. The smallest absolute Gasteiger partial charge is 0.417 e. The van der Waals surface area contributed by atoms with Gasteiger partial charge in [-0.25, -0.2) is 9.18 Å². The highest BCUT2D eigenvalue weighted by Crippen LogP contribution is 2.21. The second kappa shape index (κ2) is 3.65. The van der Waals surface area contributed by atoms with Crippen LogP contribution in [0.4, 0.5) is 17.6 Å². The second-order valence-corrected chi connectivity index (χ2v) is 2.32. The van der Waals surface area contributed by atoms with Gasteiger partial charge in [0.2, 0.25) is 0 Å². The topological polar surface area (TPSA) is 26.3 Å². The van der Waals surface area contributed by atoms with Gasteiger partial charge in [0.15, 0.2) is 11.6 Å². The lowest BCUT2D eigenvalue weighted by Crippen LogP contribution is -2.28. The normalized spacial score (nSPS) is 11.1. The quantitative estimate of drug-likeness (QED) is 0.402. The number of carbonyl (C=O) groups is 1. The van der Waals surface area contributed by atoms with Crippen LogP contribution in [0.5, 0.6) is 5.75 Å². The molecule has 0 amide bonds. The molecule has 0 aliphatic heterocycles. The molecule has 1 rings (SSSR count). The highest BCUT2D eigenvalue weighted by molar-refractivity contribution is 5.78. The Balaban J connectivity index is 2.80. The number of benzene rings is 1. The molecule has 6 heteroatoms.